The number of nitrogens with one attached hydrogen (secondary N) is 1. The van der Waals surface area contributed by atoms with Crippen LogP contribution in [0, 0.1) is 5.41 Å². The van der Waals surface area contributed by atoms with Gasteiger partial charge in [-0.15, -0.1) is 0 Å². The van der Waals surface area contributed by atoms with Gasteiger partial charge >= 0.3 is 0 Å². The van der Waals surface area contributed by atoms with Gasteiger partial charge in [-0.3, -0.25) is 0 Å². The van der Waals surface area contributed by atoms with Gasteiger partial charge in [0.1, 0.15) is 12.4 Å². The molecule has 0 fully saturated rings. The summed E-state index contributed by atoms with van der Waals surface area (Å²) in [5.41, 5.74) is 1.38. The molecule has 0 unspecified atom stereocenters. The number of rotatable bonds is 8. The molecule has 0 atom stereocenters. The predicted octanol–water partition coefficient (Wildman–Crippen LogP) is 4.37. The second-order valence-corrected chi connectivity index (χ2v) is 6.73. The highest BCUT2D eigenvalue weighted by Gasteiger charge is 2.18. The molecular formula is C17H22BrNO2. The van der Waals surface area contributed by atoms with Gasteiger partial charge in [0, 0.05) is 18.5 Å². The number of hydrogen-bond donors (Lipinski definition) is 1. The van der Waals surface area contributed by atoms with Crippen molar-refractivity contribution >= 4 is 15.9 Å². The Labute approximate surface area is 134 Å². The molecule has 1 N–H and O–H groups in total. The molecule has 0 spiro atoms. The van der Waals surface area contributed by atoms with E-state index in [0.717, 1.165) is 23.5 Å². The average molecular weight is 352 g/mol. The number of benzene rings is 1. The van der Waals surface area contributed by atoms with E-state index < -0.39 is 0 Å². The first-order valence-electron chi connectivity index (χ1n) is 7.12. The highest BCUT2D eigenvalue weighted by Crippen LogP contribution is 2.18. The van der Waals surface area contributed by atoms with Crippen LogP contribution in [-0.2, 0) is 17.9 Å². The van der Waals surface area contributed by atoms with Gasteiger partial charge in [0.15, 0.2) is 4.67 Å². The van der Waals surface area contributed by atoms with Crippen LogP contribution in [0.1, 0.15) is 25.2 Å². The van der Waals surface area contributed by atoms with Gasteiger partial charge in [0.05, 0.1) is 6.61 Å². The van der Waals surface area contributed by atoms with Crippen LogP contribution >= 0.6 is 15.9 Å². The first-order valence-corrected chi connectivity index (χ1v) is 7.91. The molecule has 1 aromatic heterocycles. The van der Waals surface area contributed by atoms with Gasteiger partial charge in [-0.05, 0) is 33.6 Å². The van der Waals surface area contributed by atoms with Gasteiger partial charge < -0.3 is 14.5 Å². The fraction of sp³-hybridized carbons (Fsp3) is 0.412. The van der Waals surface area contributed by atoms with Gasteiger partial charge in [-0.2, -0.15) is 0 Å². The van der Waals surface area contributed by atoms with Crippen LogP contribution in [-0.4, -0.2) is 13.2 Å². The van der Waals surface area contributed by atoms with Crippen LogP contribution in [0.2, 0.25) is 0 Å². The second-order valence-electron chi connectivity index (χ2n) is 5.95. The molecule has 0 aliphatic carbocycles. The zero-order chi connectivity index (χ0) is 15.1. The average Bonchev–Trinajstić information content (AvgIpc) is 2.85. The number of furan rings is 1. The molecular weight excluding hydrogens is 330 g/mol. The maximum Gasteiger partial charge on any atom is 0.169 e. The Kier molecular flexibility index (Phi) is 6.03. The van der Waals surface area contributed by atoms with E-state index >= 15 is 0 Å². The maximum atomic E-state index is 5.75. The van der Waals surface area contributed by atoms with E-state index in [9.17, 15) is 0 Å². The lowest BCUT2D eigenvalue weighted by Crippen LogP contribution is -2.32. The van der Waals surface area contributed by atoms with E-state index in [1.54, 1.807) is 0 Å². The van der Waals surface area contributed by atoms with Crippen molar-refractivity contribution in [3.63, 3.8) is 0 Å². The molecule has 1 aromatic carbocycles. The molecule has 2 aromatic rings. The van der Waals surface area contributed by atoms with Crippen molar-refractivity contribution < 1.29 is 9.15 Å². The Hall–Kier alpha value is -1.10. The zero-order valence-corrected chi connectivity index (χ0v) is 14.2. The topological polar surface area (TPSA) is 34.4 Å². The van der Waals surface area contributed by atoms with Crippen LogP contribution in [0.15, 0.2) is 51.6 Å². The van der Waals surface area contributed by atoms with Crippen LogP contribution in [0.5, 0.6) is 0 Å². The molecule has 114 valence electrons. The Bertz CT molecular complexity index is 537. The van der Waals surface area contributed by atoms with Gasteiger partial charge in [0.25, 0.3) is 0 Å². The third-order valence-corrected chi connectivity index (χ3v) is 3.57. The van der Waals surface area contributed by atoms with E-state index in [1.807, 2.05) is 18.2 Å². The smallest absolute Gasteiger partial charge is 0.169 e. The number of halogens is 1. The molecule has 0 saturated heterocycles. The summed E-state index contributed by atoms with van der Waals surface area (Å²) >= 11 is 3.29. The van der Waals surface area contributed by atoms with Crippen molar-refractivity contribution in [1.29, 1.82) is 0 Å². The minimum Gasteiger partial charge on any atom is -0.452 e. The summed E-state index contributed by atoms with van der Waals surface area (Å²) in [7, 11) is 0. The summed E-state index contributed by atoms with van der Waals surface area (Å²) in [6.45, 7) is 7.38. The number of ether oxygens (including phenoxy) is 1. The maximum absolute atomic E-state index is 5.75. The molecule has 2 rings (SSSR count). The molecule has 0 amide bonds. The molecule has 0 bridgehead atoms. The van der Waals surface area contributed by atoms with Crippen LogP contribution in [0.25, 0.3) is 0 Å². The fourth-order valence-electron chi connectivity index (χ4n) is 2.05. The fourth-order valence-corrected chi connectivity index (χ4v) is 2.39. The normalized spacial score (nSPS) is 11.8. The summed E-state index contributed by atoms with van der Waals surface area (Å²) in [4.78, 5) is 0. The molecule has 21 heavy (non-hydrogen) atoms. The summed E-state index contributed by atoms with van der Waals surface area (Å²) in [5, 5.41) is 3.48. The zero-order valence-electron chi connectivity index (χ0n) is 12.6. The van der Waals surface area contributed by atoms with Crippen molar-refractivity contribution in [2.75, 3.05) is 13.2 Å². The van der Waals surface area contributed by atoms with E-state index in [4.69, 9.17) is 9.15 Å². The standard InChI is InChI=1S/C17H22BrNO2/c1-17(2,12-19-10-14-6-4-3-5-7-14)13-20-11-15-8-9-16(18)21-15/h3-9,19H,10-13H2,1-2H3. The van der Waals surface area contributed by atoms with Crippen LogP contribution < -0.4 is 5.32 Å². The third kappa shape index (κ3) is 6.04. The molecule has 0 aliphatic heterocycles. The van der Waals surface area contributed by atoms with Crippen molar-refractivity contribution in [2.45, 2.75) is 27.0 Å². The molecule has 0 saturated carbocycles. The van der Waals surface area contributed by atoms with Crippen molar-refractivity contribution in [2.24, 2.45) is 5.41 Å². The first kappa shape index (κ1) is 16.3. The highest BCUT2D eigenvalue weighted by atomic mass is 79.9. The van der Waals surface area contributed by atoms with E-state index in [-0.39, 0.29) is 5.41 Å². The molecule has 1 heterocycles. The Morgan fingerprint density at radius 1 is 1.14 bits per heavy atom. The summed E-state index contributed by atoms with van der Waals surface area (Å²) in [6.07, 6.45) is 0. The SMILES string of the molecule is CC(C)(CNCc1ccccc1)COCc1ccc(Br)o1. The van der Waals surface area contributed by atoms with Crippen LogP contribution in [0.4, 0.5) is 0 Å². The first-order chi connectivity index (χ1) is 10.1. The Morgan fingerprint density at radius 3 is 2.57 bits per heavy atom. The highest BCUT2D eigenvalue weighted by molar-refractivity contribution is 9.10. The lowest BCUT2D eigenvalue weighted by Gasteiger charge is -2.24. The third-order valence-electron chi connectivity index (χ3n) is 3.14. The Balaban J connectivity index is 1.66. The lowest BCUT2D eigenvalue weighted by atomic mass is 9.95. The number of hydrogen-bond acceptors (Lipinski definition) is 3. The van der Waals surface area contributed by atoms with Gasteiger partial charge in [0.2, 0.25) is 0 Å². The van der Waals surface area contributed by atoms with Crippen molar-refractivity contribution in [1.82, 2.24) is 5.32 Å². The molecule has 4 heteroatoms. The van der Waals surface area contributed by atoms with Crippen molar-refractivity contribution in [3.8, 4) is 0 Å². The predicted molar refractivity (Wildman–Crippen MR) is 88.0 cm³/mol. The summed E-state index contributed by atoms with van der Waals surface area (Å²) in [6, 6.07) is 14.2. The minimum atomic E-state index is 0.0819. The largest absolute Gasteiger partial charge is 0.452 e. The Morgan fingerprint density at radius 2 is 1.90 bits per heavy atom. The van der Waals surface area contributed by atoms with E-state index in [0.29, 0.717) is 13.2 Å². The summed E-state index contributed by atoms with van der Waals surface area (Å²) in [5.74, 6) is 0.843. The quantitative estimate of drug-likeness (QED) is 0.766. The van der Waals surface area contributed by atoms with Crippen LogP contribution in [0.3, 0.4) is 0 Å². The van der Waals surface area contributed by atoms with E-state index in [2.05, 4.69) is 59.4 Å². The van der Waals surface area contributed by atoms with Gasteiger partial charge in [-0.25, -0.2) is 0 Å². The monoisotopic (exact) mass is 351 g/mol. The lowest BCUT2D eigenvalue weighted by molar-refractivity contribution is 0.0420. The molecule has 3 nitrogen and oxygen atoms in total. The molecule has 0 aliphatic rings. The molecule has 0 radical (unpaired) electrons. The summed E-state index contributed by atoms with van der Waals surface area (Å²) < 4.78 is 11.9. The minimum absolute atomic E-state index is 0.0819. The van der Waals surface area contributed by atoms with E-state index in [1.165, 1.54) is 5.56 Å². The second kappa shape index (κ2) is 7.78. The van der Waals surface area contributed by atoms with Gasteiger partial charge in [-0.1, -0.05) is 44.2 Å². The van der Waals surface area contributed by atoms with Crippen molar-refractivity contribution in [3.05, 3.63) is 58.5 Å².